The summed E-state index contributed by atoms with van der Waals surface area (Å²) in [5, 5.41) is 4.46. The first-order valence-corrected chi connectivity index (χ1v) is 27.5. The van der Waals surface area contributed by atoms with Crippen molar-refractivity contribution in [1.29, 1.82) is 0 Å². The summed E-state index contributed by atoms with van der Waals surface area (Å²) >= 11 is 0. The predicted molar refractivity (Wildman–Crippen MR) is 293 cm³/mol. The van der Waals surface area contributed by atoms with E-state index in [1.54, 1.807) is 24.3 Å². The third kappa shape index (κ3) is 9.84. The molecule has 0 aliphatic rings. The van der Waals surface area contributed by atoms with E-state index in [4.69, 9.17) is 23.4 Å². The van der Waals surface area contributed by atoms with E-state index < -0.39 is 32.2 Å². The van der Waals surface area contributed by atoms with Gasteiger partial charge in [-0.25, -0.2) is 19.2 Å². The zero-order valence-corrected chi connectivity index (χ0v) is 42.9. The third-order valence-corrected chi connectivity index (χ3v) is 18.4. The van der Waals surface area contributed by atoms with E-state index in [0.29, 0.717) is 54.4 Å². The zero-order valence-electron chi connectivity index (χ0n) is 41.9. The summed E-state index contributed by atoms with van der Waals surface area (Å²) < 4.78 is 30.9. The van der Waals surface area contributed by atoms with Gasteiger partial charge in [0.25, 0.3) is 0 Å². The van der Waals surface area contributed by atoms with Crippen LogP contribution >= 0.6 is 0 Å². The minimum absolute atomic E-state index is 0.000614. The second-order valence-electron chi connectivity index (χ2n) is 20.0. The number of carbonyl (C=O) groups is 4. The van der Waals surface area contributed by atoms with Gasteiger partial charge >= 0.3 is 23.9 Å². The molecule has 10 rings (SSSR count). The summed E-state index contributed by atoms with van der Waals surface area (Å²) in [6, 6.07) is 57.7. The number of rotatable bonds is 15. The van der Waals surface area contributed by atoms with Gasteiger partial charge in [-0.15, -0.1) is 0 Å². The Bertz CT molecular complexity index is 3640. The molecule has 0 saturated carbocycles. The van der Waals surface area contributed by atoms with Gasteiger partial charge in [-0.1, -0.05) is 172 Å². The molecule has 10 aromatic carbocycles. The van der Waals surface area contributed by atoms with Gasteiger partial charge in [-0.3, -0.25) is 0 Å². The van der Waals surface area contributed by atoms with Crippen LogP contribution in [0.1, 0.15) is 84.5 Å². The summed E-state index contributed by atoms with van der Waals surface area (Å²) in [6.45, 7) is 11.0. The lowest BCUT2D eigenvalue weighted by atomic mass is 9.81. The highest BCUT2D eigenvalue weighted by Crippen LogP contribution is 2.48. The molecule has 0 radical (unpaired) electrons. The lowest BCUT2D eigenvalue weighted by Crippen LogP contribution is -2.43. The largest absolute Gasteiger partial charge is 0.544 e. The van der Waals surface area contributed by atoms with E-state index in [-0.39, 0.29) is 53.7 Å². The molecule has 0 saturated heterocycles. The minimum atomic E-state index is -2.23. The Labute approximate surface area is 430 Å². The number of hydrogen-bond acceptors (Lipinski definition) is 9. The molecule has 0 bridgehead atoms. The number of fused-ring (bicyclic) bond motifs is 2. The molecule has 0 fully saturated rings. The van der Waals surface area contributed by atoms with Crippen molar-refractivity contribution in [3.8, 4) is 16.9 Å². The molecular weight excluding hydrogens is 941 g/mol. The normalized spacial score (nSPS) is 11.7. The standard InChI is InChI=1S/C64H54O9Si/c1-64(2,3)74(4,5)73-46-28-26-45(27-29-46)53-36-54(63(68)72-40-44-24-16-9-17-25-44)58-52(62(67)71-39-43-22-14-8-15-23-43)34-31-48-47-30-33-50(60(65)69-37-41-18-10-6-11-19-41)57-51(35-32-49(55(47)57)56(53)59(48)58)61(66)70-38-42-20-12-7-13-21-42/h6-36H,37-40H2,1-5H3. The second kappa shape index (κ2) is 20.5. The fourth-order valence-electron chi connectivity index (χ4n) is 9.25. The van der Waals surface area contributed by atoms with Crippen LogP contribution < -0.4 is 4.43 Å². The monoisotopic (exact) mass is 994 g/mol. The van der Waals surface area contributed by atoms with Gasteiger partial charge in [0, 0.05) is 10.8 Å². The fraction of sp³-hybridized carbons (Fsp3) is 0.156. The molecule has 0 amide bonds. The van der Waals surface area contributed by atoms with Crippen molar-refractivity contribution in [2.45, 2.75) is 65.3 Å². The van der Waals surface area contributed by atoms with Crippen molar-refractivity contribution in [3.05, 3.63) is 233 Å². The van der Waals surface area contributed by atoms with Crippen molar-refractivity contribution in [2.75, 3.05) is 0 Å². The molecule has 0 spiro atoms. The number of carbonyl (C=O) groups excluding carboxylic acids is 4. The molecule has 10 aromatic rings. The van der Waals surface area contributed by atoms with E-state index >= 15 is 0 Å². The lowest BCUT2D eigenvalue weighted by Gasteiger charge is -2.36. The Hall–Kier alpha value is -8.60. The molecule has 0 aliphatic carbocycles. The molecule has 0 atom stereocenters. The van der Waals surface area contributed by atoms with E-state index in [9.17, 15) is 19.2 Å². The van der Waals surface area contributed by atoms with Crippen LogP contribution in [0, 0.1) is 0 Å². The minimum Gasteiger partial charge on any atom is -0.544 e. The highest BCUT2D eigenvalue weighted by Gasteiger charge is 2.39. The predicted octanol–water partition coefficient (Wildman–Crippen LogP) is 15.2. The van der Waals surface area contributed by atoms with Gasteiger partial charge in [-0.2, -0.15) is 0 Å². The van der Waals surface area contributed by atoms with Crippen LogP contribution in [0.3, 0.4) is 0 Å². The molecule has 74 heavy (non-hydrogen) atoms. The van der Waals surface area contributed by atoms with Gasteiger partial charge < -0.3 is 23.4 Å². The van der Waals surface area contributed by atoms with Crippen molar-refractivity contribution >= 4 is 75.3 Å². The van der Waals surface area contributed by atoms with Crippen LogP contribution in [-0.4, -0.2) is 32.2 Å². The van der Waals surface area contributed by atoms with Crippen LogP contribution in [-0.2, 0) is 45.4 Å². The van der Waals surface area contributed by atoms with E-state index in [1.807, 2.05) is 164 Å². The number of benzene rings is 10. The molecule has 9 nitrogen and oxygen atoms in total. The van der Waals surface area contributed by atoms with E-state index in [1.165, 1.54) is 0 Å². The highest BCUT2D eigenvalue weighted by molar-refractivity contribution is 6.74. The van der Waals surface area contributed by atoms with Crippen molar-refractivity contribution in [3.63, 3.8) is 0 Å². The average molecular weight is 995 g/mol. The molecule has 0 aromatic heterocycles. The Morgan fingerprint density at radius 1 is 0.378 bits per heavy atom. The van der Waals surface area contributed by atoms with Crippen molar-refractivity contribution in [1.82, 2.24) is 0 Å². The number of ether oxygens (including phenoxy) is 4. The average Bonchev–Trinajstić information content (AvgIpc) is 3.43. The van der Waals surface area contributed by atoms with Crippen molar-refractivity contribution in [2.24, 2.45) is 0 Å². The van der Waals surface area contributed by atoms with Crippen LogP contribution in [0.5, 0.6) is 5.75 Å². The van der Waals surface area contributed by atoms with Crippen LogP contribution in [0.4, 0.5) is 0 Å². The third-order valence-electron chi connectivity index (χ3n) is 14.1. The Morgan fingerprint density at radius 2 is 0.730 bits per heavy atom. The fourth-order valence-corrected chi connectivity index (χ4v) is 10.3. The van der Waals surface area contributed by atoms with Crippen LogP contribution in [0.15, 0.2) is 188 Å². The molecule has 0 heterocycles. The maximum Gasteiger partial charge on any atom is 0.339 e. The lowest BCUT2D eigenvalue weighted by molar-refractivity contribution is 0.0458. The van der Waals surface area contributed by atoms with E-state index in [2.05, 4.69) is 33.9 Å². The topological polar surface area (TPSA) is 114 Å². The van der Waals surface area contributed by atoms with Gasteiger partial charge in [0.15, 0.2) is 0 Å². The smallest absolute Gasteiger partial charge is 0.339 e. The zero-order chi connectivity index (χ0) is 51.6. The van der Waals surface area contributed by atoms with Crippen LogP contribution in [0.2, 0.25) is 18.1 Å². The Kier molecular flexibility index (Phi) is 13.6. The summed E-state index contributed by atoms with van der Waals surface area (Å²) in [4.78, 5) is 58.5. The Morgan fingerprint density at radius 3 is 1.12 bits per heavy atom. The molecular formula is C64H54O9Si. The Balaban J connectivity index is 1.24. The maximum atomic E-state index is 14.9. The quantitative estimate of drug-likeness (QED) is 0.0325. The van der Waals surface area contributed by atoms with Gasteiger partial charge in [-0.05, 0) is 120 Å². The first kappa shape index (κ1) is 49.0. The first-order valence-electron chi connectivity index (χ1n) is 24.6. The number of esters is 4. The molecule has 368 valence electrons. The second-order valence-corrected chi connectivity index (χ2v) is 24.7. The summed E-state index contributed by atoms with van der Waals surface area (Å²) in [7, 11) is -2.23. The van der Waals surface area contributed by atoms with Crippen LogP contribution in [0.25, 0.3) is 54.2 Å². The SMILES string of the molecule is CC(C)(C)[Si](C)(C)Oc1ccc(-c2cc(C(=O)OCc3ccccc3)c3c(C(=O)OCc4ccccc4)ccc4c5ccc(C(=O)OCc6ccccc6)c6c(C(=O)OCc7ccccc7)ccc(c2c34)c65)cc1. The molecule has 0 N–H and O–H groups in total. The molecule has 0 aliphatic heterocycles. The van der Waals surface area contributed by atoms with E-state index in [0.717, 1.165) is 27.8 Å². The maximum absolute atomic E-state index is 14.9. The molecule has 0 unspecified atom stereocenters. The van der Waals surface area contributed by atoms with Gasteiger partial charge in [0.1, 0.15) is 32.2 Å². The summed E-state index contributed by atoms with van der Waals surface area (Å²) in [6.07, 6.45) is 0. The van der Waals surface area contributed by atoms with Gasteiger partial charge in [0.05, 0.1) is 22.3 Å². The summed E-state index contributed by atoms with van der Waals surface area (Å²) in [5.74, 6) is -1.82. The first-order chi connectivity index (χ1) is 35.8. The van der Waals surface area contributed by atoms with Crippen molar-refractivity contribution < 1.29 is 42.6 Å². The van der Waals surface area contributed by atoms with Gasteiger partial charge in [0.2, 0.25) is 8.32 Å². The number of hydrogen-bond donors (Lipinski definition) is 0. The molecule has 10 heteroatoms. The summed E-state index contributed by atoms with van der Waals surface area (Å²) in [5.41, 5.74) is 5.24. The highest BCUT2D eigenvalue weighted by atomic mass is 28.4.